The molecule has 2 aliphatic rings. The summed E-state index contributed by atoms with van der Waals surface area (Å²) in [5, 5.41) is 5.41. The number of imide groups is 1. The predicted octanol–water partition coefficient (Wildman–Crippen LogP) is 0.781. The number of amides is 3. The molecule has 0 unspecified atom stereocenters. The topological polar surface area (TPSA) is 64.7 Å². The van der Waals surface area contributed by atoms with Crippen molar-refractivity contribution in [2.45, 2.75) is 51.1 Å². The third-order valence-corrected chi connectivity index (χ3v) is 4.64. The highest BCUT2D eigenvalue weighted by Gasteiger charge is 2.26. The summed E-state index contributed by atoms with van der Waals surface area (Å²) in [7, 11) is 2.08. The van der Waals surface area contributed by atoms with Gasteiger partial charge < -0.3 is 10.2 Å². The zero-order valence-corrected chi connectivity index (χ0v) is 13.2. The van der Waals surface area contributed by atoms with Crippen LogP contribution in [0.5, 0.6) is 0 Å². The number of likely N-dealkylation sites (N-methyl/N-ethyl adjacent to an activating group) is 1. The number of carbonyl (C=O) groups is 2. The van der Waals surface area contributed by atoms with Gasteiger partial charge in [0.1, 0.15) is 0 Å². The highest BCUT2D eigenvalue weighted by Crippen LogP contribution is 2.17. The van der Waals surface area contributed by atoms with Crippen molar-refractivity contribution in [3.63, 3.8) is 0 Å². The fraction of sp³-hybridized carbons (Fsp3) is 0.867. The van der Waals surface area contributed by atoms with Crippen molar-refractivity contribution < 1.29 is 9.59 Å². The Balaban J connectivity index is 1.73. The Hall–Kier alpha value is -1.14. The van der Waals surface area contributed by atoms with E-state index < -0.39 is 0 Å². The standard InChI is InChI=1S/C15H28N4O2/c1-12(19-10-8-18(2)9-11-19)14(20)17-15(21)16-13-6-4-3-5-7-13/h12-13H,3-11H2,1-2H3,(H2,16,17,20,21)/t12-/m1/s1. The van der Waals surface area contributed by atoms with Crippen molar-refractivity contribution in [3.8, 4) is 0 Å². The van der Waals surface area contributed by atoms with Crippen molar-refractivity contribution in [1.82, 2.24) is 20.4 Å². The lowest BCUT2D eigenvalue weighted by atomic mass is 9.96. The summed E-state index contributed by atoms with van der Waals surface area (Å²) < 4.78 is 0. The number of rotatable bonds is 3. The van der Waals surface area contributed by atoms with E-state index in [1.54, 1.807) is 0 Å². The Morgan fingerprint density at radius 2 is 1.67 bits per heavy atom. The lowest BCUT2D eigenvalue weighted by Crippen LogP contribution is -2.55. The monoisotopic (exact) mass is 296 g/mol. The van der Waals surface area contributed by atoms with Crippen LogP contribution < -0.4 is 10.6 Å². The van der Waals surface area contributed by atoms with Gasteiger partial charge in [-0.3, -0.25) is 15.0 Å². The fourth-order valence-corrected chi connectivity index (χ4v) is 3.06. The molecule has 1 atom stereocenters. The van der Waals surface area contributed by atoms with Crippen LogP contribution >= 0.6 is 0 Å². The average Bonchev–Trinajstić information content (AvgIpc) is 2.48. The Morgan fingerprint density at radius 1 is 1.05 bits per heavy atom. The third kappa shape index (κ3) is 4.97. The SMILES string of the molecule is C[C@H](C(=O)NC(=O)NC1CCCCC1)N1CCN(C)CC1. The van der Waals surface area contributed by atoms with Gasteiger partial charge >= 0.3 is 6.03 Å². The van der Waals surface area contributed by atoms with Gasteiger partial charge in [-0.1, -0.05) is 19.3 Å². The smallest absolute Gasteiger partial charge is 0.321 e. The minimum atomic E-state index is -0.340. The van der Waals surface area contributed by atoms with Gasteiger partial charge in [-0.05, 0) is 26.8 Å². The van der Waals surface area contributed by atoms with Crippen LogP contribution in [0.4, 0.5) is 4.79 Å². The van der Waals surface area contributed by atoms with E-state index in [2.05, 4.69) is 27.5 Å². The summed E-state index contributed by atoms with van der Waals surface area (Å²) >= 11 is 0. The van der Waals surface area contributed by atoms with Crippen LogP contribution in [0.1, 0.15) is 39.0 Å². The molecule has 6 nitrogen and oxygen atoms in total. The summed E-state index contributed by atoms with van der Waals surface area (Å²) in [5.41, 5.74) is 0. The third-order valence-electron chi connectivity index (χ3n) is 4.64. The molecule has 0 radical (unpaired) electrons. The van der Waals surface area contributed by atoms with Gasteiger partial charge in [0, 0.05) is 32.2 Å². The van der Waals surface area contributed by atoms with Crippen molar-refractivity contribution in [2.75, 3.05) is 33.2 Å². The Bertz CT molecular complexity index is 361. The van der Waals surface area contributed by atoms with E-state index in [0.29, 0.717) is 0 Å². The molecule has 1 aliphatic carbocycles. The zero-order chi connectivity index (χ0) is 15.2. The summed E-state index contributed by atoms with van der Waals surface area (Å²) in [4.78, 5) is 28.4. The molecule has 0 aromatic heterocycles. The van der Waals surface area contributed by atoms with Crippen LogP contribution in [-0.4, -0.2) is 67.0 Å². The molecule has 1 heterocycles. The second-order valence-electron chi connectivity index (χ2n) is 6.31. The first-order valence-corrected chi connectivity index (χ1v) is 8.10. The predicted molar refractivity (Wildman–Crippen MR) is 82.1 cm³/mol. The lowest BCUT2D eigenvalue weighted by molar-refractivity contribution is -0.125. The van der Waals surface area contributed by atoms with E-state index in [9.17, 15) is 9.59 Å². The Morgan fingerprint density at radius 3 is 2.29 bits per heavy atom. The van der Waals surface area contributed by atoms with Crippen molar-refractivity contribution >= 4 is 11.9 Å². The molecule has 0 aromatic carbocycles. The number of nitrogens with zero attached hydrogens (tertiary/aromatic N) is 2. The summed E-state index contributed by atoms with van der Waals surface area (Å²) in [5.74, 6) is -0.201. The first-order chi connectivity index (χ1) is 10.1. The summed E-state index contributed by atoms with van der Waals surface area (Å²) in [6.45, 7) is 5.54. The lowest BCUT2D eigenvalue weighted by Gasteiger charge is -2.35. The first kappa shape index (κ1) is 16.2. The second-order valence-corrected chi connectivity index (χ2v) is 6.31. The van der Waals surface area contributed by atoms with Crippen LogP contribution in [0.15, 0.2) is 0 Å². The van der Waals surface area contributed by atoms with Crippen LogP contribution in [0.25, 0.3) is 0 Å². The Kier molecular flexibility index (Phi) is 5.99. The molecule has 1 saturated carbocycles. The van der Waals surface area contributed by atoms with Gasteiger partial charge in [-0.25, -0.2) is 4.79 Å². The summed E-state index contributed by atoms with van der Waals surface area (Å²) in [6, 6.07) is -0.367. The largest absolute Gasteiger partial charge is 0.335 e. The number of nitrogens with one attached hydrogen (secondary N) is 2. The Labute approximate surface area is 127 Å². The quantitative estimate of drug-likeness (QED) is 0.808. The normalized spacial score (nSPS) is 23.5. The van der Waals surface area contributed by atoms with Crippen LogP contribution in [0, 0.1) is 0 Å². The van der Waals surface area contributed by atoms with E-state index in [0.717, 1.165) is 51.9 Å². The van der Waals surface area contributed by atoms with Crippen LogP contribution in [-0.2, 0) is 4.79 Å². The van der Waals surface area contributed by atoms with Gasteiger partial charge in [0.25, 0.3) is 0 Å². The average molecular weight is 296 g/mol. The van der Waals surface area contributed by atoms with E-state index in [4.69, 9.17) is 0 Å². The molecule has 2 N–H and O–H groups in total. The van der Waals surface area contributed by atoms with Crippen molar-refractivity contribution in [2.24, 2.45) is 0 Å². The molecule has 0 spiro atoms. The maximum atomic E-state index is 12.1. The van der Waals surface area contributed by atoms with E-state index in [-0.39, 0.29) is 24.0 Å². The second kappa shape index (κ2) is 7.75. The molecule has 0 bridgehead atoms. The molecule has 21 heavy (non-hydrogen) atoms. The number of piperazine rings is 1. The molecular weight excluding hydrogens is 268 g/mol. The molecule has 3 amide bonds. The molecule has 2 fully saturated rings. The minimum absolute atomic E-state index is 0.201. The summed E-state index contributed by atoms with van der Waals surface area (Å²) in [6.07, 6.45) is 5.62. The fourth-order valence-electron chi connectivity index (χ4n) is 3.06. The van der Waals surface area contributed by atoms with Gasteiger partial charge in [0.15, 0.2) is 0 Å². The first-order valence-electron chi connectivity index (χ1n) is 8.10. The number of carbonyl (C=O) groups excluding carboxylic acids is 2. The molecule has 1 aliphatic heterocycles. The molecule has 6 heteroatoms. The van der Waals surface area contributed by atoms with E-state index >= 15 is 0 Å². The number of urea groups is 1. The number of hydrogen-bond acceptors (Lipinski definition) is 4. The molecule has 2 rings (SSSR count). The molecular formula is C15H28N4O2. The van der Waals surface area contributed by atoms with Gasteiger partial charge in [0.05, 0.1) is 6.04 Å². The van der Waals surface area contributed by atoms with E-state index in [1.807, 2.05) is 6.92 Å². The molecule has 120 valence electrons. The molecule has 1 saturated heterocycles. The number of hydrogen-bond donors (Lipinski definition) is 2. The van der Waals surface area contributed by atoms with Crippen LogP contribution in [0.3, 0.4) is 0 Å². The maximum Gasteiger partial charge on any atom is 0.321 e. The van der Waals surface area contributed by atoms with Crippen LogP contribution in [0.2, 0.25) is 0 Å². The minimum Gasteiger partial charge on any atom is -0.335 e. The van der Waals surface area contributed by atoms with Gasteiger partial charge in [-0.2, -0.15) is 0 Å². The van der Waals surface area contributed by atoms with Crippen molar-refractivity contribution in [3.05, 3.63) is 0 Å². The maximum absolute atomic E-state index is 12.1. The highest BCUT2D eigenvalue weighted by molar-refractivity contribution is 5.96. The van der Waals surface area contributed by atoms with Crippen molar-refractivity contribution in [1.29, 1.82) is 0 Å². The molecule has 0 aromatic rings. The van der Waals surface area contributed by atoms with E-state index in [1.165, 1.54) is 6.42 Å². The van der Waals surface area contributed by atoms with Gasteiger partial charge in [-0.15, -0.1) is 0 Å². The van der Waals surface area contributed by atoms with Gasteiger partial charge in [0.2, 0.25) is 5.91 Å². The zero-order valence-electron chi connectivity index (χ0n) is 13.2. The highest BCUT2D eigenvalue weighted by atomic mass is 16.2.